The summed E-state index contributed by atoms with van der Waals surface area (Å²) >= 11 is 0. The van der Waals surface area contributed by atoms with Crippen molar-refractivity contribution >= 4 is 17.3 Å². The minimum absolute atomic E-state index is 0.200. The normalized spacial score (nSPS) is 10.8. The Labute approximate surface area is 177 Å². The van der Waals surface area contributed by atoms with E-state index in [9.17, 15) is 14.0 Å². The van der Waals surface area contributed by atoms with Crippen molar-refractivity contribution < 1.29 is 23.5 Å². The van der Waals surface area contributed by atoms with E-state index in [0.717, 1.165) is 5.56 Å². The number of benzene rings is 2. The standard InChI is InChI=1S/C24H19FN2O4/c1-3-31-24(29)19-12-22(23(28)15-7-9-17(25)10-8-15)27-14-26-20(13-21(19)27)16-5-4-6-18(11-16)30-2/h4-14H,3H2,1-2H3. The zero-order valence-electron chi connectivity index (χ0n) is 17.0. The molecule has 0 N–H and O–H groups in total. The van der Waals surface area contributed by atoms with Gasteiger partial charge in [0.15, 0.2) is 0 Å². The third kappa shape index (κ3) is 3.90. The first kappa shape index (κ1) is 20.3. The fourth-order valence-corrected chi connectivity index (χ4v) is 3.33. The molecule has 2 heterocycles. The molecule has 2 aromatic carbocycles. The number of ketones is 1. The van der Waals surface area contributed by atoms with Crippen LogP contribution in [-0.2, 0) is 4.74 Å². The molecule has 31 heavy (non-hydrogen) atoms. The SMILES string of the molecule is CCOC(=O)c1cc(C(=O)c2ccc(F)cc2)n2cnc(-c3cccc(OC)c3)cc12. The Bertz CT molecular complexity index is 1280. The Balaban J connectivity index is 1.87. The molecule has 6 nitrogen and oxygen atoms in total. The largest absolute Gasteiger partial charge is 0.497 e. The van der Waals surface area contributed by atoms with Gasteiger partial charge < -0.3 is 9.47 Å². The van der Waals surface area contributed by atoms with Gasteiger partial charge in [-0.2, -0.15) is 0 Å². The predicted octanol–water partition coefficient (Wildman–Crippen LogP) is 4.56. The maximum absolute atomic E-state index is 13.3. The number of fused-ring (bicyclic) bond motifs is 1. The van der Waals surface area contributed by atoms with E-state index in [4.69, 9.17) is 9.47 Å². The van der Waals surface area contributed by atoms with E-state index in [1.54, 1.807) is 24.5 Å². The van der Waals surface area contributed by atoms with Crippen LogP contribution in [0.3, 0.4) is 0 Å². The number of hydrogen-bond acceptors (Lipinski definition) is 5. The van der Waals surface area contributed by atoms with E-state index in [-0.39, 0.29) is 23.6 Å². The molecule has 0 saturated heterocycles. The molecule has 0 aliphatic heterocycles. The molecule has 156 valence electrons. The summed E-state index contributed by atoms with van der Waals surface area (Å²) in [5.41, 5.74) is 2.66. The van der Waals surface area contributed by atoms with Gasteiger partial charge >= 0.3 is 5.97 Å². The molecule has 0 aliphatic rings. The number of ether oxygens (including phenoxy) is 2. The molecule has 0 atom stereocenters. The van der Waals surface area contributed by atoms with Crippen molar-refractivity contribution in [1.29, 1.82) is 0 Å². The molecule has 0 saturated carbocycles. The lowest BCUT2D eigenvalue weighted by molar-refractivity contribution is 0.0529. The predicted molar refractivity (Wildman–Crippen MR) is 113 cm³/mol. The van der Waals surface area contributed by atoms with Crippen molar-refractivity contribution in [3.8, 4) is 17.0 Å². The summed E-state index contributed by atoms with van der Waals surface area (Å²) in [6.07, 6.45) is 1.49. The number of carbonyl (C=O) groups is 2. The maximum atomic E-state index is 13.3. The zero-order chi connectivity index (χ0) is 22.0. The third-order valence-corrected chi connectivity index (χ3v) is 4.86. The van der Waals surface area contributed by atoms with Crippen LogP contribution in [0.15, 0.2) is 67.0 Å². The number of rotatable bonds is 6. The molecule has 0 bridgehead atoms. The summed E-state index contributed by atoms with van der Waals surface area (Å²) in [5, 5.41) is 0. The summed E-state index contributed by atoms with van der Waals surface area (Å²) in [6.45, 7) is 1.91. The van der Waals surface area contributed by atoms with Crippen molar-refractivity contribution in [1.82, 2.24) is 9.38 Å². The van der Waals surface area contributed by atoms with Crippen LogP contribution >= 0.6 is 0 Å². The van der Waals surface area contributed by atoms with Gasteiger partial charge in [-0.3, -0.25) is 9.20 Å². The average molecular weight is 418 g/mol. The van der Waals surface area contributed by atoms with Crippen LogP contribution in [0.2, 0.25) is 0 Å². The lowest BCUT2D eigenvalue weighted by Crippen LogP contribution is -2.05. The smallest absolute Gasteiger partial charge is 0.340 e. The topological polar surface area (TPSA) is 69.9 Å². The lowest BCUT2D eigenvalue weighted by atomic mass is 10.1. The molecular formula is C24H19FN2O4. The first-order chi connectivity index (χ1) is 15.0. The molecule has 0 amide bonds. The molecule has 4 rings (SSSR count). The molecule has 0 radical (unpaired) electrons. The van der Waals surface area contributed by atoms with Crippen molar-refractivity contribution in [2.45, 2.75) is 6.92 Å². The van der Waals surface area contributed by atoms with Crippen LogP contribution in [0.25, 0.3) is 16.8 Å². The number of esters is 1. The number of methoxy groups -OCH3 is 1. The Kier molecular flexibility index (Phi) is 5.49. The highest BCUT2D eigenvalue weighted by Crippen LogP contribution is 2.27. The van der Waals surface area contributed by atoms with E-state index >= 15 is 0 Å². The van der Waals surface area contributed by atoms with Gasteiger partial charge in [0.05, 0.1) is 36.2 Å². The molecule has 0 spiro atoms. The summed E-state index contributed by atoms with van der Waals surface area (Å²) in [6, 6.07) is 15.8. The molecule has 0 fully saturated rings. The first-order valence-electron chi connectivity index (χ1n) is 9.64. The quantitative estimate of drug-likeness (QED) is 0.339. The molecule has 7 heteroatoms. The molecule has 4 aromatic rings. The number of halogens is 1. The zero-order valence-corrected chi connectivity index (χ0v) is 17.0. The van der Waals surface area contributed by atoms with Crippen molar-refractivity contribution in [3.63, 3.8) is 0 Å². The maximum Gasteiger partial charge on any atom is 0.340 e. The minimum atomic E-state index is -0.541. The Morgan fingerprint density at radius 2 is 1.84 bits per heavy atom. The Morgan fingerprint density at radius 3 is 2.55 bits per heavy atom. The van der Waals surface area contributed by atoms with Crippen molar-refractivity contribution in [3.05, 3.63) is 89.6 Å². The summed E-state index contributed by atoms with van der Waals surface area (Å²) in [4.78, 5) is 30.1. The summed E-state index contributed by atoms with van der Waals surface area (Å²) in [7, 11) is 1.58. The van der Waals surface area contributed by atoms with Crippen LogP contribution in [0.5, 0.6) is 5.75 Å². The van der Waals surface area contributed by atoms with Gasteiger partial charge in [-0.15, -0.1) is 0 Å². The van der Waals surface area contributed by atoms with Crippen molar-refractivity contribution in [2.75, 3.05) is 13.7 Å². The fraction of sp³-hybridized carbons (Fsp3) is 0.125. The van der Waals surface area contributed by atoms with Gasteiger partial charge in [0.1, 0.15) is 17.9 Å². The van der Waals surface area contributed by atoms with Crippen LogP contribution in [-0.4, -0.2) is 34.9 Å². The van der Waals surface area contributed by atoms with Gasteiger partial charge in [0.25, 0.3) is 0 Å². The second-order valence-corrected chi connectivity index (χ2v) is 6.76. The van der Waals surface area contributed by atoms with Gasteiger partial charge in [-0.05, 0) is 55.5 Å². The number of aromatic nitrogens is 2. The molecule has 0 aliphatic carbocycles. The first-order valence-corrected chi connectivity index (χ1v) is 9.64. The van der Waals surface area contributed by atoms with Crippen molar-refractivity contribution in [2.24, 2.45) is 0 Å². The Morgan fingerprint density at radius 1 is 1.06 bits per heavy atom. The van der Waals surface area contributed by atoms with Crippen LogP contribution in [0, 0.1) is 5.82 Å². The van der Waals surface area contributed by atoms with Crippen LogP contribution in [0.1, 0.15) is 33.3 Å². The van der Waals surface area contributed by atoms with Gasteiger partial charge in [-0.25, -0.2) is 14.2 Å². The summed E-state index contributed by atoms with van der Waals surface area (Å²) in [5.74, 6) is -0.664. The third-order valence-electron chi connectivity index (χ3n) is 4.86. The molecule has 2 aromatic heterocycles. The van der Waals surface area contributed by atoms with E-state index in [2.05, 4.69) is 4.98 Å². The van der Waals surface area contributed by atoms with Gasteiger partial charge in [0, 0.05) is 11.1 Å². The van der Waals surface area contributed by atoms with E-state index < -0.39 is 11.8 Å². The van der Waals surface area contributed by atoms with Gasteiger partial charge in [0.2, 0.25) is 5.78 Å². The highest BCUT2D eigenvalue weighted by atomic mass is 19.1. The Hall–Kier alpha value is -4.00. The number of nitrogens with zero attached hydrogens (tertiary/aromatic N) is 2. The second kappa shape index (κ2) is 8.39. The summed E-state index contributed by atoms with van der Waals surface area (Å²) < 4.78 is 25.3. The van der Waals surface area contributed by atoms with Gasteiger partial charge in [-0.1, -0.05) is 12.1 Å². The lowest BCUT2D eigenvalue weighted by Gasteiger charge is -2.07. The van der Waals surface area contributed by atoms with E-state index in [0.29, 0.717) is 22.5 Å². The molecular weight excluding hydrogens is 399 g/mol. The monoisotopic (exact) mass is 418 g/mol. The fourth-order valence-electron chi connectivity index (χ4n) is 3.33. The number of hydrogen-bond donors (Lipinski definition) is 0. The van der Waals surface area contributed by atoms with Crippen LogP contribution < -0.4 is 4.74 Å². The van der Waals surface area contributed by atoms with E-state index in [1.807, 2.05) is 24.3 Å². The highest BCUT2D eigenvalue weighted by molar-refractivity contribution is 6.11. The van der Waals surface area contributed by atoms with Crippen LogP contribution in [0.4, 0.5) is 4.39 Å². The molecule has 0 unspecified atom stereocenters. The number of carbonyl (C=O) groups excluding carboxylic acids is 2. The second-order valence-electron chi connectivity index (χ2n) is 6.76. The highest BCUT2D eigenvalue weighted by Gasteiger charge is 2.22. The minimum Gasteiger partial charge on any atom is -0.497 e. The van der Waals surface area contributed by atoms with E-state index in [1.165, 1.54) is 36.7 Å². The average Bonchev–Trinajstić information content (AvgIpc) is 3.18.